The van der Waals surface area contributed by atoms with Crippen molar-refractivity contribution in [3.63, 3.8) is 0 Å². The Hall–Kier alpha value is -0.460. The second-order valence-electron chi connectivity index (χ2n) is 5.90. The molecule has 1 aromatic rings. The van der Waals surface area contributed by atoms with Crippen molar-refractivity contribution in [1.29, 1.82) is 0 Å². The van der Waals surface area contributed by atoms with E-state index in [-0.39, 0.29) is 10.9 Å². The van der Waals surface area contributed by atoms with Crippen LogP contribution in [0.4, 0.5) is 0 Å². The molecule has 1 saturated carbocycles. The first-order valence-electron chi connectivity index (χ1n) is 6.41. The third-order valence-corrected chi connectivity index (χ3v) is 5.57. The van der Waals surface area contributed by atoms with Crippen LogP contribution in [0.1, 0.15) is 39.5 Å². The molecule has 0 radical (unpaired) electrons. The molecule has 0 aliphatic heterocycles. The first-order chi connectivity index (χ1) is 8.78. The molecule has 1 aliphatic carbocycles. The highest BCUT2D eigenvalue weighted by Gasteiger charge is 2.29. The molecule has 6 heteroatoms. The Morgan fingerprint density at radius 3 is 2.53 bits per heavy atom. The smallest absolute Gasteiger partial charge is 0.242 e. The predicted molar refractivity (Wildman–Crippen MR) is 78.3 cm³/mol. The summed E-state index contributed by atoms with van der Waals surface area (Å²) in [5.41, 5.74) is 0.333. The summed E-state index contributed by atoms with van der Waals surface area (Å²) in [5, 5.41) is 0. The molecule has 0 atom stereocenters. The second kappa shape index (κ2) is 5.50. The SMILES string of the molecule is CC1(C)CCC(NS(=O)(=O)c2cncc(Br)c2)CC1. The van der Waals surface area contributed by atoms with Gasteiger partial charge in [0.05, 0.1) is 0 Å². The summed E-state index contributed by atoms with van der Waals surface area (Å²) >= 11 is 3.24. The lowest BCUT2D eigenvalue weighted by Gasteiger charge is -2.34. The zero-order valence-corrected chi connectivity index (χ0v) is 13.6. The summed E-state index contributed by atoms with van der Waals surface area (Å²) in [6, 6.07) is 1.61. The zero-order chi connectivity index (χ0) is 14.1. The van der Waals surface area contributed by atoms with Crippen LogP contribution < -0.4 is 4.72 Å². The van der Waals surface area contributed by atoms with Gasteiger partial charge in [0.25, 0.3) is 0 Å². The van der Waals surface area contributed by atoms with Crippen molar-refractivity contribution in [3.8, 4) is 0 Å². The van der Waals surface area contributed by atoms with E-state index in [2.05, 4.69) is 39.5 Å². The van der Waals surface area contributed by atoms with Crippen molar-refractivity contribution < 1.29 is 8.42 Å². The van der Waals surface area contributed by atoms with Gasteiger partial charge in [0.2, 0.25) is 10.0 Å². The van der Waals surface area contributed by atoms with E-state index >= 15 is 0 Å². The predicted octanol–water partition coefficient (Wildman–Crippen LogP) is 3.09. The third kappa shape index (κ3) is 4.00. The van der Waals surface area contributed by atoms with Gasteiger partial charge in [0.15, 0.2) is 0 Å². The van der Waals surface area contributed by atoms with Crippen LogP contribution in [0.3, 0.4) is 0 Å². The number of hydrogen-bond donors (Lipinski definition) is 1. The number of pyridine rings is 1. The van der Waals surface area contributed by atoms with Gasteiger partial charge in [-0.25, -0.2) is 13.1 Å². The fraction of sp³-hybridized carbons (Fsp3) is 0.615. The van der Waals surface area contributed by atoms with Crippen LogP contribution in [0.2, 0.25) is 0 Å². The van der Waals surface area contributed by atoms with Crippen LogP contribution >= 0.6 is 15.9 Å². The lowest BCUT2D eigenvalue weighted by Crippen LogP contribution is -2.39. The molecule has 106 valence electrons. The van der Waals surface area contributed by atoms with Crippen LogP contribution in [0, 0.1) is 5.41 Å². The van der Waals surface area contributed by atoms with Gasteiger partial charge in [-0.3, -0.25) is 4.98 Å². The molecule has 1 N–H and O–H groups in total. The largest absolute Gasteiger partial charge is 0.262 e. The van der Waals surface area contributed by atoms with Crippen LogP contribution in [0.5, 0.6) is 0 Å². The van der Waals surface area contributed by atoms with Gasteiger partial charge < -0.3 is 0 Å². The Labute approximate surface area is 123 Å². The highest BCUT2D eigenvalue weighted by molar-refractivity contribution is 9.10. The minimum absolute atomic E-state index is 0.0389. The third-order valence-electron chi connectivity index (χ3n) is 3.65. The van der Waals surface area contributed by atoms with Crippen molar-refractivity contribution in [2.75, 3.05) is 0 Å². The molecule has 4 nitrogen and oxygen atoms in total. The molecular formula is C13H19BrN2O2S. The van der Waals surface area contributed by atoms with Crippen molar-refractivity contribution in [1.82, 2.24) is 9.71 Å². The van der Waals surface area contributed by atoms with Gasteiger partial charge in [-0.1, -0.05) is 13.8 Å². The molecule has 0 spiro atoms. The summed E-state index contributed by atoms with van der Waals surface area (Å²) in [6.45, 7) is 4.46. The van der Waals surface area contributed by atoms with E-state index in [1.54, 1.807) is 12.3 Å². The number of sulfonamides is 1. The average molecular weight is 347 g/mol. The topological polar surface area (TPSA) is 59.1 Å². The molecule has 0 aromatic carbocycles. The summed E-state index contributed by atoms with van der Waals surface area (Å²) in [6.07, 6.45) is 6.84. The highest BCUT2D eigenvalue weighted by atomic mass is 79.9. The first-order valence-corrected chi connectivity index (χ1v) is 8.69. The Morgan fingerprint density at radius 2 is 1.95 bits per heavy atom. The Kier molecular flexibility index (Phi) is 4.32. The number of nitrogens with one attached hydrogen (secondary N) is 1. The average Bonchev–Trinajstić information content (AvgIpc) is 2.32. The fourth-order valence-electron chi connectivity index (χ4n) is 2.34. The van der Waals surface area contributed by atoms with Crippen molar-refractivity contribution >= 4 is 26.0 Å². The lowest BCUT2D eigenvalue weighted by atomic mass is 9.76. The quantitative estimate of drug-likeness (QED) is 0.914. The summed E-state index contributed by atoms with van der Waals surface area (Å²) in [4.78, 5) is 4.12. The van der Waals surface area contributed by atoms with Gasteiger partial charge in [0, 0.05) is 22.9 Å². The molecule has 19 heavy (non-hydrogen) atoms. The molecule has 1 fully saturated rings. The molecule has 1 heterocycles. The maximum Gasteiger partial charge on any atom is 0.242 e. The highest BCUT2D eigenvalue weighted by Crippen LogP contribution is 2.35. The lowest BCUT2D eigenvalue weighted by molar-refractivity contribution is 0.218. The first kappa shape index (κ1) is 14.9. The molecule has 0 bridgehead atoms. The minimum Gasteiger partial charge on any atom is -0.262 e. The standard InChI is InChI=1S/C13H19BrN2O2S/c1-13(2)5-3-11(4-6-13)16-19(17,18)12-7-10(14)8-15-9-12/h7-9,11,16H,3-6H2,1-2H3. The number of rotatable bonds is 3. The maximum atomic E-state index is 12.2. The Balaban J connectivity index is 2.06. The Morgan fingerprint density at radius 1 is 1.32 bits per heavy atom. The number of halogens is 1. The molecular weight excluding hydrogens is 328 g/mol. The molecule has 0 saturated heterocycles. The van der Waals surface area contributed by atoms with Gasteiger partial charge in [-0.15, -0.1) is 0 Å². The molecule has 2 rings (SSSR count). The van der Waals surface area contributed by atoms with Crippen LogP contribution in [-0.2, 0) is 10.0 Å². The fourth-order valence-corrected chi connectivity index (χ4v) is 4.15. The van der Waals surface area contributed by atoms with E-state index in [1.807, 2.05) is 0 Å². The Bertz CT molecular complexity index is 548. The van der Waals surface area contributed by atoms with Crippen LogP contribution in [0.15, 0.2) is 27.8 Å². The van der Waals surface area contributed by atoms with E-state index in [0.29, 0.717) is 9.89 Å². The van der Waals surface area contributed by atoms with Gasteiger partial charge in [-0.05, 0) is 53.1 Å². The van der Waals surface area contributed by atoms with Gasteiger partial charge in [0.1, 0.15) is 4.90 Å². The molecule has 0 amide bonds. The second-order valence-corrected chi connectivity index (χ2v) is 8.53. The molecule has 1 aromatic heterocycles. The van der Waals surface area contributed by atoms with Gasteiger partial charge >= 0.3 is 0 Å². The number of nitrogens with zero attached hydrogens (tertiary/aromatic N) is 1. The normalized spacial score (nSPS) is 20.4. The van der Waals surface area contributed by atoms with Crippen LogP contribution in [0.25, 0.3) is 0 Å². The van der Waals surface area contributed by atoms with Crippen LogP contribution in [-0.4, -0.2) is 19.4 Å². The summed E-state index contributed by atoms with van der Waals surface area (Å²) in [5.74, 6) is 0. The van der Waals surface area contributed by atoms with Crippen molar-refractivity contribution in [3.05, 3.63) is 22.9 Å². The van der Waals surface area contributed by atoms with E-state index in [4.69, 9.17) is 0 Å². The van der Waals surface area contributed by atoms with E-state index in [0.717, 1.165) is 25.7 Å². The molecule has 0 unspecified atom stereocenters. The summed E-state index contributed by atoms with van der Waals surface area (Å²) < 4.78 is 27.9. The number of aromatic nitrogens is 1. The van der Waals surface area contributed by atoms with E-state index in [9.17, 15) is 8.42 Å². The number of hydrogen-bond acceptors (Lipinski definition) is 3. The van der Waals surface area contributed by atoms with E-state index in [1.165, 1.54) is 6.20 Å². The zero-order valence-electron chi connectivity index (χ0n) is 11.2. The minimum atomic E-state index is -3.46. The maximum absolute atomic E-state index is 12.2. The monoisotopic (exact) mass is 346 g/mol. The van der Waals surface area contributed by atoms with Gasteiger partial charge in [-0.2, -0.15) is 0 Å². The van der Waals surface area contributed by atoms with E-state index < -0.39 is 10.0 Å². The summed E-state index contributed by atoms with van der Waals surface area (Å²) in [7, 11) is -3.46. The van der Waals surface area contributed by atoms with Crippen molar-refractivity contribution in [2.24, 2.45) is 5.41 Å². The van der Waals surface area contributed by atoms with Crippen molar-refractivity contribution in [2.45, 2.75) is 50.5 Å². The molecule has 1 aliphatic rings.